The van der Waals surface area contributed by atoms with Crippen molar-refractivity contribution in [1.29, 1.82) is 0 Å². The molecule has 0 saturated carbocycles. The molecule has 2 fully saturated rings. The Labute approximate surface area is 134 Å². The van der Waals surface area contributed by atoms with Crippen LogP contribution in [0.3, 0.4) is 0 Å². The minimum atomic E-state index is -1.61. The molecule has 2 N–H and O–H groups in total. The lowest BCUT2D eigenvalue weighted by atomic mass is 9.81. The third-order valence-electron chi connectivity index (χ3n) is 4.73. The molecule has 2 atom stereocenters. The Kier molecular flexibility index (Phi) is 4.17. The molecule has 6 heteroatoms. The topological polar surface area (TPSA) is 89.7 Å². The van der Waals surface area contributed by atoms with Crippen LogP contribution in [0.5, 0.6) is 0 Å². The van der Waals surface area contributed by atoms with Gasteiger partial charge in [-0.05, 0) is 24.8 Å². The van der Waals surface area contributed by atoms with Crippen LogP contribution in [0.2, 0.25) is 0 Å². The molecule has 0 radical (unpaired) electrons. The summed E-state index contributed by atoms with van der Waals surface area (Å²) in [6, 6.07) is 9.63. The maximum atomic E-state index is 12.7. The summed E-state index contributed by atoms with van der Waals surface area (Å²) in [6.45, 7) is 0.207. The molecule has 23 heavy (non-hydrogen) atoms. The van der Waals surface area contributed by atoms with Gasteiger partial charge in [0.15, 0.2) is 5.78 Å². The number of ether oxygens (including phenoxy) is 1. The number of primary amides is 1. The van der Waals surface area contributed by atoms with E-state index in [-0.39, 0.29) is 18.9 Å². The Hall–Kier alpha value is -2.21. The highest BCUT2D eigenvalue weighted by Gasteiger charge is 2.62. The van der Waals surface area contributed by atoms with Crippen LogP contribution in [0, 0.1) is 0 Å². The number of nitrogens with two attached hydrogens (primary N) is 1. The number of Topliss-reactive ketones (excluding diaryl/α,β-unsaturated/α-hetero) is 1. The number of rotatable bonds is 4. The van der Waals surface area contributed by atoms with Crippen molar-refractivity contribution in [1.82, 2.24) is 4.90 Å². The number of fused-ring (bicyclic) bond motifs is 1. The van der Waals surface area contributed by atoms with E-state index >= 15 is 0 Å². The van der Waals surface area contributed by atoms with Crippen LogP contribution < -0.4 is 5.73 Å². The number of nitrogens with zero attached hydrogens (tertiary/aromatic N) is 1. The van der Waals surface area contributed by atoms with Crippen LogP contribution >= 0.6 is 0 Å². The minimum Gasteiger partial charge on any atom is -0.367 e. The van der Waals surface area contributed by atoms with Gasteiger partial charge in [-0.15, -0.1) is 0 Å². The zero-order valence-corrected chi connectivity index (χ0v) is 12.9. The van der Waals surface area contributed by atoms with Gasteiger partial charge in [-0.1, -0.05) is 30.3 Å². The highest BCUT2D eigenvalue weighted by Crippen LogP contribution is 2.36. The van der Waals surface area contributed by atoms with Crippen LogP contribution in [-0.2, 0) is 25.5 Å². The number of aryl methyl sites for hydroxylation is 1. The second kappa shape index (κ2) is 6.12. The average molecular weight is 316 g/mol. The van der Waals surface area contributed by atoms with Gasteiger partial charge in [0.05, 0.1) is 6.10 Å². The number of benzene rings is 1. The lowest BCUT2D eigenvalue weighted by Crippen LogP contribution is -2.69. The molecule has 122 valence electrons. The lowest BCUT2D eigenvalue weighted by Gasteiger charge is -2.43. The van der Waals surface area contributed by atoms with Gasteiger partial charge < -0.3 is 15.4 Å². The van der Waals surface area contributed by atoms with Crippen molar-refractivity contribution in [2.75, 3.05) is 13.2 Å². The third kappa shape index (κ3) is 2.53. The van der Waals surface area contributed by atoms with Gasteiger partial charge in [0.25, 0.3) is 5.91 Å². The predicted octanol–water partition coefficient (Wildman–Crippen LogP) is 0.434. The van der Waals surface area contributed by atoms with Crippen LogP contribution in [0.25, 0.3) is 0 Å². The Morgan fingerprint density at radius 2 is 2.04 bits per heavy atom. The molecule has 2 saturated heterocycles. The van der Waals surface area contributed by atoms with E-state index in [1.165, 1.54) is 4.90 Å². The van der Waals surface area contributed by atoms with E-state index in [9.17, 15) is 14.4 Å². The van der Waals surface area contributed by atoms with Crippen LogP contribution in [0.15, 0.2) is 30.3 Å². The molecule has 3 rings (SSSR count). The molecule has 1 aromatic rings. The number of amides is 2. The van der Waals surface area contributed by atoms with Crippen LogP contribution in [-0.4, -0.2) is 47.3 Å². The van der Waals surface area contributed by atoms with Gasteiger partial charge in [0, 0.05) is 13.0 Å². The van der Waals surface area contributed by atoms with E-state index in [4.69, 9.17) is 10.5 Å². The van der Waals surface area contributed by atoms with Crippen molar-refractivity contribution in [2.45, 2.75) is 37.3 Å². The van der Waals surface area contributed by atoms with E-state index < -0.39 is 23.3 Å². The van der Waals surface area contributed by atoms with E-state index in [1.54, 1.807) is 0 Å². The summed E-state index contributed by atoms with van der Waals surface area (Å²) >= 11 is 0. The number of piperidine rings is 1. The van der Waals surface area contributed by atoms with Crippen molar-refractivity contribution >= 4 is 17.6 Å². The van der Waals surface area contributed by atoms with Gasteiger partial charge >= 0.3 is 0 Å². The van der Waals surface area contributed by atoms with Crippen molar-refractivity contribution in [3.8, 4) is 0 Å². The summed E-state index contributed by atoms with van der Waals surface area (Å²) in [7, 11) is 0. The Morgan fingerprint density at radius 1 is 1.30 bits per heavy atom. The SMILES string of the molecule is NC(=O)C12C(=O)COC1CCCN2C(=O)CCc1ccccc1. The van der Waals surface area contributed by atoms with Crippen molar-refractivity contribution in [2.24, 2.45) is 5.73 Å². The quantitative estimate of drug-likeness (QED) is 0.816. The molecule has 0 aliphatic carbocycles. The normalized spacial score (nSPS) is 26.9. The molecular weight excluding hydrogens is 296 g/mol. The monoisotopic (exact) mass is 316 g/mol. The number of carbonyl (C=O) groups excluding carboxylic acids is 3. The zero-order valence-electron chi connectivity index (χ0n) is 12.9. The fourth-order valence-electron chi connectivity index (χ4n) is 3.60. The number of hydrogen-bond donors (Lipinski definition) is 1. The molecule has 2 aliphatic rings. The molecule has 0 bridgehead atoms. The summed E-state index contributed by atoms with van der Waals surface area (Å²) in [5, 5.41) is 0. The van der Waals surface area contributed by atoms with Crippen molar-refractivity contribution in [3.63, 3.8) is 0 Å². The minimum absolute atomic E-state index is 0.157. The fraction of sp³-hybridized carbons (Fsp3) is 0.471. The van der Waals surface area contributed by atoms with E-state index in [0.29, 0.717) is 25.8 Å². The van der Waals surface area contributed by atoms with Gasteiger partial charge in [0.1, 0.15) is 6.61 Å². The van der Waals surface area contributed by atoms with Crippen LogP contribution in [0.4, 0.5) is 0 Å². The zero-order chi connectivity index (χ0) is 16.4. The maximum Gasteiger partial charge on any atom is 0.254 e. The summed E-state index contributed by atoms with van der Waals surface area (Å²) in [4.78, 5) is 38.5. The number of carbonyl (C=O) groups is 3. The first-order valence-corrected chi connectivity index (χ1v) is 7.86. The van der Waals surface area contributed by atoms with Crippen molar-refractivity contribution < 1.29 is 19.1 Å². The Bertz CT molecular complexity index is 631. The summed E-state index contributed by atoms with van der Waals surface area (Å²) in [5.74, 6) is -1.41. The van der Waals surface area contributed by atoms with E-state index in [2.05, 4.69) is 0 Å². The van der Waals surface area contributed by atoms with Gasteiger partial charge in [-0.2, -0.15) is 0 Å². The molecule has 2 unspecified atom stereocenters. The highest BCUT2D eigenvalue weighted by molar-refractivity contribution is 6.15. The smallest absolute Gasteiger partial charge is 0.254 e. The number of hydrogen-bond acceptors (Lipinski definition) is 4. The second-order valence-electron chi connectivity index (χ2n) is 6.03. The van der Waals surface area contributed by atoms with Crippen molar-refractivity contribution in [3.05, 3.63) is 35.9 Å². The largest absolute Gasteiger partial charge is 0.367 e. The number of ketones is 1. The molecule has 2 heterocycles. The Morgan fingerprint density at radius 3 is 2.74 bits per heavy atom. The summed E-state index contributed by atoms with van der Waals surface area (Å²) in [6.07, 6.45) is 1.45. The third-order valence-corrected chi connectivity index (χ3v) is 4.73. The predicted molar refractivity (Wildman–Crippen MR) is 82.4 cm³/mol. The highest BCUT2D eigenvalue weighted by atomic mass is 16.5. The maximum absolute atomic E-state index is 12.7. The first kappa shape index (κ1) is 15.7. The molecular formula is C17H20N2O4. The lowest BCUT2D eigenvalue weighted by molar-refractivity contribution is -0.158. The fourth-order valence-corrected chi connectivity index (χ4v) is 3.60. The van der Waals surface area contributed by atoms with Gasteiger partial charge in [0.2, 0.25) is 11.4 Å². The summed E-state index contributed by atoms with van der Waals surface area (Å²) < 4.78 is 5.43. The molecule has 2 amide bonds. The van der Waals surface area contributed by atoms with E-state index in [1.807, 2.05) is 30.3 Å². The molecule has 0 spiro atoms. The molecule has 1 aromatic carbocycles. The first-order chi connectivity index (χ1) is 11.1. The molecule has 6 nitrogen and oxygen atoms in total. The average Bonchev–Trinajstić information content (AvgIpc) is 2.92. The molecule has 2 aliphatic heterocycles. The number of likely N-dealkylation sites (tertiary alicyclic amines) is 1. The van der Waals surface area contributed by atoms with Gasteiger partial charge in [-0.25, -0.2) is 0 Å². The summed E-state index contributed by atoms with van der Waals surface area (Å²) in [5.41, 5.74) is 4.97. The second-order valence-corrected chi connectivity index (χ2v) is 6.03. The standard InChI is InChI=1S/C17H20N2O4/c18-16(22)17-13(20)11-23-14(17)7-4-10-19(17)15(21)9-8-12-5-2-1-3-6-12/h1-3,5-6,14H,4,7-11H2,(H2,18,22). The Balaban J connectivity index is 1.80. The first-order valence-electron chi connectivity index (χ1n) is 7.86. The molecule has 0 aromatic heterocycles. The van der Waals surface area contributed by atoms with E-state index in [0.717, 1.165) is 5.56 Å². The van der Waals surface area contributed by atoms with Gasteiger partial charge in [-0.3, -0.25) is 14.4 Å². The van der Waals surface area contributed by atoms with Crippen LogP contribution in [0.1, 0.15) is 24.8 Å².